The number of methoxy groups -OCH3 is 1. The van der Waals surface area contributed by atoms with Crippen LogP contribution in [0.3, 0.4) is 0 Å². The standard InChI is InChI=1S/C8H9F4N3O/c1-16-5-2-3-13-7(15-5)14-4-8(11,12)6(9)10/h2-3,6H,4H2,1H3,(H,13,14,15). The second kappa shape index (κ2) is 4.95. The zero-order valence-electron chi connectivity index (χ0n) is 8.25. The van der Waals surface area contributed by atoms with Crippen molar-refractivity contribution in [1.82, 2.24) is 9.97 Å². The third kappa shape index (κ3) is 3.21. The van der Waals surface area contributed by atoms with Gasteiger partial charge in [-0.3, -0.25) is 0 Å². The normalized spacial score (nSPS) is 11.6. The second-order valence-electron chi connectivity index (χ2n) is 2.84. The van der Waals surface area contributed by atoms with E-state index in [-0.39, 0.29) is 11.8 Å². The average Bonchev–Trinajstić information content (AvgIpc) is 2.26. The highest BCUT2D eigenvalue weighted by molar-refractivity contribution is 5.27. The molecular weight excluding hydrogens is 230 g/mol. The summed E-state index contributed by atoms with van der Waals surface area (Å²) in [7, 11) is 1.33. The molecule has 0 amide bonds. The van der Waals surface area contributed by atoms with E-state index in [1.54, 1.807) is 0 Å². The lowest BCUT2D eigenvalue weighted by molar-refractivity contribution is -0.117. The minimum Gasteiger partial charge on any atom is -0.481 e. The molecule has 0 spiro atoms. The molecule has 0 radical (unpaired) electrons. The van der Waals surface area contributed by atoms with Crippen LogP contribution in [0.2, 0.25) is 0 Å². The zero-order valence-corrected chi connectivity index (χ0v) is 8.25. The van der Waals surface area contributed by atoms with Gasteiger partial charge >= 0.3 is 12.3 Å². The Balaban J connectivity index is 2.60. The van der Waals surface area contributed by atoms with E-state index in [0.717, 1.165) is 0 Å². The van der Waals surface area contributed by atoms with Crippen LogP contribution in [-0.4, -0.2) is 36.0 Å². The van der Waals surface area contributed by atoms with Crippen molar-refractivity contribution in [1.29, 1.82) is 0 Å². The number of rotatable bonds is 5. The number of aromatic nitrogens is 2. The Kier molecular flexibility index (Phi) is 3.86. The van der Waals surface area contributed by atoms with E-state index in [9.17, 15) is 17.6 Å². The molecule has 4 nitrogen and oxygen atoms in total. The summed E-state index contributed by atoms with van der Waals surface area (Å²) in [6.45, 7) is -1.24. The van der Waals surface area contributed by atoms with Crippen molar-refractivity contribution < 1.29 is 22.3 Å². The first-order valence-electron chi connectivity index (χ1n) is 4.22. The van der Waals surface area contributed by atoms with Crippen molar-refractivity contribution in [3.05, 3.63) is 12.3 Å². The Morgan fingerprint density at radius 1 is 1.50 bits per heavy atom. The third-order valence-corrected chi connectivity index (χ3v) is 1.64. The molecule has 0 atom stereocenters. The van der Waals surface area contributed by atoms with Gasteiger partial charge in [0, 0.05) is 12.3 Å². The first-order chi connectivity index (χ1) is 7.45. The molecule has 1 heterocycles. The maximum atomic E-state index is 12.5. The van der Waals surface area contributed by atoms with Gasteiger partial charge in [-0.15, -0.1) is 0 Å². The Hall–Kier alpha value is -1.60. The van der Waals surface area contributed by atoms with Gasteiger partial charge < -0.3 is 10.1 Å². The molecule has 0 unspecified atom stereocenters. The van der Waals surface area contributed by atoms with Crippen molar-refractivity contribution in [3.8, 4) is 5.88 Å². The summed E-state index contributed by atoms with van der Waals surface area (Å²) in [5.41, 5.74) is 0. The van der Waals surface area contributed by atoms with Crippen molar-refractivity contribution in [2.45, 2.75) is 12.3 Å². The quantitative estimate of drug-likeness (QED) is 0.796. The largest absolute Gasteiger partial charge is 0.481 e. The Morgan fingerprint density at radius 3 is 2.75 bits per heavy atom. The summed E-state index contributed by atoms with van der Waals surface area (Å²) in [5, 5.41) is 2.01. The van der Waals surface area contributed by atoms with Crippen LogP contribution in [0.4, 0.5) is 23.5 Å². The van der Waals surface area contributed by atoms with Crippen LogP contribution in [0.5, 0.6) is 5.88 Å². The van der Waals surface area contributed by atoms with E-state index in [4.69, 9.17) is 4.74 Å². The van der Waals surface area contributed by atoms with E-state index in [2.05, 4.69) is 9.97 Å². The number of hydrogen-bond donors (Lipinski definition) is 1. The van der Waals surface area contributed by atoms with Crippen LogP contribution in [-0.2, 0) is 0 Å². The molecule has 90 valence electrons. The van der Waals surface area contributed by atoms with E-state index < -0.39 is 18.9 Å². The number of alkyl halides is 4. The lowest BCUT2D eigenvalue weighted by Gasteiger charge is -2.15. The summed E-state index contributed by atoms with van der Waals surface area (Å²) in [5.74, 6) is -4.16. The predicted molar refractivity (Wildman–Crippen MR) is 48.0 cm³/mol. The molecule has 0 aromatic carbocycles. The van der Waals surface area contributed by atoms with Gasteiger partial charge in [-0.25, -0.2) is 13.8 Å². The van der Waals surface area contributed by atoms with Gasteiger partial charge in [0.1, 0.15) is 0 Å². The molecular formula is C8H9F4N3O. The first-order valence-corrected chi connectivity index (χ1v) is 4.22. The third-order valence-electron chi connectivity index (χ3n) is 1.64. The smallest absolute Gasteiger partial charge is 0.324 e. The van der Waals surface area contributed by atoms with E-state index in [0.29, 0.717) is 0 Å². The summed E-state index contributed by atoms with van der Waals surface area (Å²) in [6.07, 6.45) is -2.47. The van der Waals surface area contributed by atoms with Crippen molar-refractivity contribution in [2.75, 3.05) is 19.0 Å². The molecule has 16 heavy (non-hydrogen) atoms. The molecule has 1 aromatic rings. The van der Waals surface area contributed by atoms with Crippen LogP contribution < -0.4 is 10.1 Å². The fraction of sp³-hybridized carbons (Fsp3) is 0.500. The number of ether oxygens (including phenoxy) is 1. The molecule has 0 fully saturated rings. The summed E-state index contributed by atoms with van der Waals surface area (Å²) in [4.78, 5) is 7.20. The van der Waals surface area contributed by atoms with Crippen LogP contribution in [0, 0.1) is 0 Å². The van der Waals surface area contributed by atoms with Gasteiger partial charge in [-0.2, -0.15) is 13.8 Å². The highest BCUT2D eigenvalue weighted by atomic mass is 19.3. The summed E-state index contributed by atoms with van der Waals surface area (Å²) in [6, 6.07) is 1.40. The molecule has 1 aromatic heterocycles. The Labute approximate surface area is 88.7 Å². The maximum absolute atomic E-state index is 12.5. The fourth-order valence-corrected chi connectivity index (χ4v) is 0.815. The first kappa shape index (κ1) is 12.5. The molecule has 0 saturated heterocycles. The monoisotopic (exact) mass is 239 g/mol. The zero-order chi connectivity index (χ0) is 12.2. The molecule has 1 rings (SSSR count). The van der Waals surface area contributed by atoms with E-state index in [1.807, 2.05) is 5.32 Å². The number of nitrogens with zero attached hydrogens (tertiary/aromatic N) is 2. The van der Waals surface area contributed by atoms with Crippen molar-refractivity contribution in [3.63, 3.8) is 0 Å². The highest BCUT2D eigenvalue weighted by Crippen LogP contribution is 2.22. The van der Waals surface area contributed by atoms with Gasteiger partial charge in [-0.05, 0) is 0 Å². The van der Waals surface area contributed by atoms with Gasteiger partial charge in [0.25, 0.3) is 0 Å². The summed E-state index contributed by atoms with van der Waals surface area (Å²) >= 11 is 0. The molecule has 0 bridgehead atoms. The Bertz CT molecular complexity index is 348. The number of hydrogen-bond acceptors (Lipinski definition) is 4. The molecule has 8 heteroatoms. The molecule has 0 aliphatic rings. The lowest BCUT2D eigenvalue weighted by Crippen LogP contribution is -2.35. The highest BCUT2D eigenvalue weighted by Gasteiger charge is 2.40. The molecule has 0 aliphatic heterocycles. The SMILES string of the molecule is COc1ccnc(NCC(F)(F)C(F)F)n1. The van der Waals surface area contributed by atoms with E-state index in [1.165, 1.54) is 19.4 Å². The number of anilines is 1. The second-order valence-corrected chi connectivity index (χ2v) is 2.84. The number of halogens is 4. The van der Waals surface area contributed by atoms with Crippen molar-refractivity contribution >= 4 is 5.95 Å². The minimum atomic E-state index is -4.12. The average molecular weight is 239 g/mol. The van der Waals surface area contributed by atoms with Crippen molar-refractivity contribution in [2.24, 2.45) is 0 Å². The Morgan fingerprint density at radius 2 is 2.19 bits per heavy atom. The molecule has 0 saturated carbocycles. The van der Waals surface area contributed by atoms with Gasteiger partial charge in [-0.1, -0.05) is 0 Å². The maximum Gasteiger partial charge on any atom is 0.324 e. The topological polar surface area (TPSA) is 47.0 Å². The van der Waals surface area contributed by atoms with Crippen LogP contribution in [0.15, 0.2) is 12.3 Å². The van der Waals surface area contributed by atoms with E-state index >= 15 is 0 Å². The van der Waals surface area contributed by atoms with Crippen LogP contribution >= 0.6 is 0 Å². The predicted octanol–water partition coefficient (Wildman–Crippen LogP) is 1.80. The molecule has 1 N–H and O–H groups in total. The molecule has 0 aliphatic carbocycles. The van der Waals surface area contributed by atoms with Gasteiger partial charge in [0.15, 0.2) is 0 Å². The van der Waals surface area contributed by atoms with Gasteiger partial charge in [0.2, 0.25) is 11.8 Å². The van der Waals surface area contributed by atoms with Crippen LogP contribution in [0.1, 0.15) is 0 Å². The van der Waals surface area contributed by atoms with Crippen LogP contribution in [0.25, 0.3) is 0 Å². The number of nitrogens with one attached hydrogen (secondary N) is 1. The lowest BCUT2D eigenvalue weighted by atomic mass is 10.3. The fourth-order valence-electron chi connectivity index (χ4n) is 0.815. The minimum absolute atomic E-state index is 0.151. The summed E-state index contributed by atoms with van der Waals surface area (Å²) < 4.78 is 53.3. The van der Waals surface area contributed by atoms with Gasteiger partial charge in [0.05, 0.1) is 13.7 Å².